The van der Waals surface area contributed by atoms with Crippen LogP contribution in [0.15, 0.2) is 12.3 Å². The molecule has 1 aromatic rings. The number of hydrogen-bond donors (Lipinski definition) is 1. The number of nitrogens with one attached hydrogen (secondary N) is 1. The molecule has 0 spiro atoms. The maximum absolute atomic E-state index is 12.7. The number of anilines is 1. The minimum Gasteiger partial charge on any atom is -0.376 e. The van der Waals surface area contributed by atoms with Gasteiger partial charge in [0.05, 0.1) is 37.1 Å². The molecule has 2 saturated heterocycles. The molecule has 4 rings (SSSR count). The molecule has 1 N–H and O–H groups in total. The maximum Gasteiger partial charge on any atom is 0.322 e. The second-order valence-electron chi connectivity index (χ2n) is 6.79. The van der Waals surface area contributed by atoms with Gasteiger partial charge in [0.25, 0.3) is 0 Å². The Bertz CT molecular complexity index is 678. The molecule has 2 fully saturated rings. The highest BCUT2D eigenvalue weighted by Crippen LogP contribution is 2.31. The van der Waals surface area contributed by atoms with E-state index in [1.54, 1.807) is 11.1 Å². The van der Waals surface area contributed by atoms with E-state index in [-0.39, 0.29) is 23.9 Å². The average Bonchev–Trinajstić information content (AvgIpc) is 2.89. The summed E-state index contributed by atoms with van der Waals surface area (Å²) in [6, 6.07) is 1.77. The van der Waals surface area contributed by atoms with E-state index in [4.69, 9.17) is 4.74 Å². The summed E-state index contributed by atoms with van der Waals surface area (Å²) in [6.07, 6.45) is 4.25. The smallest absolute Gasteiger partial charge is 0.322 e. The second-order valence-corrected chi connectivity index (χ2v) is 6.79. The number of urea groups is 1. The van der Waals surface area contributed by atoms with Gasteiger partial charge in [0, 0.05) is 37.8 Å². The third-order valence-corrected chi connectivity index (χ3v) is 5.25. The topological polar surface area (TPSA) is 74.8 Å². The minimum atomic E-state index is -0.147. The van der Waals surface area contributed by atoms with Crippen molar-refractivity contribution in [2.24, 2.45) is 5.92 Å². The van der Waals surface area contributed by atoms with Crippen molar-refractivity contribution < 1.29 is 14.3 Å². The van der Waals surface area contributed by atoms with Crippen LogP contribution in [-0.4, -0.2) is 59.5 Å². The summed E-state index contributed by atoms with van der Waals surface area (Å²) in [5, 5.41) is 2.94. The highest BCUT2D eigenvalue weighted by atomic mass is 16.5. The first kappa shape index (κ1) is 15.4. The number of nitrogens with zero attached hydrogens (tertiary/aromatic N) is 3. The molecule has 0 saturated carbocycles. The molecule has 7 heteroatoms. The van der Waals surface area contributed by atoms with Gasteiger partial charge in [-0.1, -0.05) is 0 Å². The summed E-state index contributed by atoms with van der Waals surface area (Å²) in [5.74, 6) is 0.106. The fourth-order valence-electron chi connectivity index (χ4n) is 3.98. The summed E-state index contributed by atoms with van der Waals surface area (Å²) >= 11 is 0. The van der Waals surface area contributed by atoms with Crippen molar-refractivity contribution in [2.45, 2.75) is 31.9 Å². The fraction of sp³-hybridized carbons (Fsp3) is 0.588. The van der Waals surface area contributed by atoms with Gasteiger partial charge in [-0.05, 0) is 18.9 Å². The van der Waals surface area contributed by atoms with Crippen molar-refractivity contribution >= 4 is 17.6 Å². The van der Waals surface area contributed by atoms with E-state index in [1.807, 2.05) is 18.0 Å². The number of aromatic nitrogens is 1. The van der Waals surface area contributed by atoms with Crippen LogP contribution < -0.4 is 5.32 Å². The van der Waals surface area contributed by atoms with Gasteiger partial charge in [0.1, 0.15) is 0 Å². The Hall–Kier alpha value is -2.15. The van der Waals surface area contributed by atoms with Crippen molar-refractivity contribution in [3.63, 3.8) is 0 Å². The highest BCUT2D eigenvalue weighted by Gasteiger charge is 2.45. The van der Waals surface area contributed by atoms with Gasteiger partial charge < -0.3 is 19.9 Å². The van der Waals surface area contributed by atoms with E-state index in [9.17, 15) is 9.59 Å². The quantitative estimate of drug-likeness (QED) is 0.841. The van der Waals surface area contributed by atoms with Crippen molar-refractivity contribution in [3.8, 4) is 0 Å². The average molecular weight is 330 g/mol. The van der Waals surface area contributed by atoms with Crippen LogP contribution in [0.4, 0.5) is 10.5 Å². The molecule has 128 valence electrons. The SMILES string of the molecule is CN1C[C@@H]2[C@@H](CCCN2C(=O)Nc2cnc3c(c2)COCC3)C1=O. The first-order valence-corrected chi connectivity index (χ1v) is 8.51. The van der Waals surface area contributed by atoms with Crippen LogP contribution in [0.1, 0.15) is 24.1 Å². The molecule has 0 bridgehead atoms. The Morgan fingerprint density at radius 2 is 2.33 bits per heavy atom. The Kier molecular flexibility index (Phi) is 3.88. The van der Waals surface area contributed by atoms with Crippen LogP contribution in [-0.2, 0) is 22.6 Å². The fourth-order valence-corrected chi connectivity index (χ4v) is 3.98. The molecule has 4 heterocycles. The summed E-state index contributed by atoms with van der Waals surface area (Å²) in [6.45, 7) is 2.55. The normalized spacial score (nSPS) is 26.1. The zero-order valence-corrected chi connectivity index (χ0v) is 13.8. The first-order chi connectivity index (χ1) is 11.6. The Labute approximate surface area is 141 Å². The first-order valence-electron chi connectivity index (χ1n) is 8.51. The monoisotopic (exact) mass is 330 g/mol. The van der Waals surface area contributed by atoms with E-state index in [1.165, 1.54) is 0 Å². The molecular formula is C17H22N4O3. The van der Waals surface area contributed by atoms with Crippen molar-refractivity contribution in [2.75, 3.05) is 32.1 Å². The van der Waals surface area contributed by atoms with Gasteiger partial charge in [-0.2, -0.15) is 0 Å². The molecule has 2 atom stereocenters. The van der Waals surface area contributed by atoms with Crippen LogP contribution in [0, 0.1) is 5.92 Å². The molecule has 3 amide bonds. The molecule has 3 aliphatic rings. The largest absolute Gasteiger partial charge is 0.376 e. The zero-order valence-electron chi connectivity index (χ0n) is 13.8. The maximum atomic E-state index is 12.7. The molecular weight excluding hydrogens is 308 g/mol. The van der Waals surface area contributed by atoms with Crippen molar-refractivity contribution in [1.29, 1.82) is 0 Å². The number of likely N-dealkylation sites (tertiary alicyclic amines) is 2. The summed E-state index contributed by atoms with van der Waals surface area (Å²) in [7, 11) is 1.81. The van der Waals surface area contributed by atoms with Crippen LogP contribution in [0.5, 0.6) is 0 Å². The Balaban J connectivity index is 1.49. The lowest BCUT2D eigenvalue weighted by atomic mass is 9.92. The highest BCUT2D eigenvalue weighted by molar-refractivity contribution is 5.91. The number of rotatable bonds is 1. The summed E-state index contributed by atoms with van der Waals surface area (Å²) < 4.78 is 5.45. The summed E-state index contributed by atoms with van der Waals surface area (Å²) in [4.78, 5) is 32.9. The second kappa shape index (κ2) is 6.05. The van der Waals surface area contributed by atoms with Gasteiger partial charge in [0.15, 0.2) is 0 Å². The number of ether oxygens (including phenoxy) is 1. The molecule has 0 aromatic carbocycles. The van der Waals surface area contributed by atoms with E-state index < -0.39 is 0 Å². The number of carbonyl (C=O) groups is 2. The molecule has 0 unspecified atom stereocenters. The van der Waals surface area contributed by atoms with Gasteiger partial charge in [0.2, 0.25) is 5.91 Å². The van der Waals surface area contributed by atoms with Crippen LogP contribution >= 0.6 is 0 Å². The number of piperidine rings is 1. The minimum absolute atomic E-state index is 0.0230. The van der Waals surface area contributed by atoms with Gasteiger partial charge in [-0.15, -0.1) is 0 Å². The van der Waals surface area contributed by atoms with E-state index in [0.717, 1.165) is 30.5 Å². The van der Waals surface area contributed by atoms with Crippen LogP contribution in [0.3, 0.4) is 0 Å². The Morgan fingerprint density at radius 1 is 1.46 bits per heavy atom. The van der Waals surface area contributed by atoms with Gasteiger partial charge in [-0.3, -0.25) is 9.78 Å². The molecule has 7 nitrogen and oxygen atoms in total. The molecule has 0 radical (unpaired) electrons. The number of pyridine rings is 1. The van der Waals surface area contributed by atoms with Gasteiger partial charge >= 0.3 is 6.03 Å². The molecule has 3 aliphatic heterocycles. The predicted octanol–water partition coefficient (Wildman–Crippen LogP) is 1.24. The molecule has 1 aromatic heterocycles. The number of carbonyl (C=O) groups excluding carboxylic acids is 2. The van der Waals surface area contributed by atoms with Crippen molar-refractivity contribution in [3.05, 3.63) is 23.5 Å². The van der Waals surface area contributed by atoms with Gasteiger partial charge in [-0.25, -0.2) is 4.79 Å². The number of fused-ring (bicyclic) bond motifs is 2. The number of hydrogen-bond acceptors (Lipinski definition) is 4. The lowest BCUT2D eigenvalue weighted by Crippen LogP contribution is -2.50. The molecule has 24 heavy (non-hydrogen) atoms. The van der Waals surface area contributed by atoms with Crippen LogP contribution in [0.25, 0.3) is 0 Å². The Morgan fingerprint density at radius 3 is 3.21 bits per heavy atom. The lowest BCUT2D eigenvalue weighted by molar-refractivity contribution is -0.130. The standard InChI is InChI=1S/C17H22N4O3/c1-20-9-15-13(16(20)22)3-2-5-21(15)17(23)19-12-7-11-10-24-6-4-14(11)18-8-12/h7-8,13,15H,2-6,9-10H2,1H3,(H,19,23)/t13-,15-/m1/s1. The molecule has 0 aliphatic carbocycles. The third kappa shape index (κ3) is 2.62. The van der Waals surface area contributed by atoms with E-state index in [0.29, 0.717) is 32.0 Å². The predicted molar refractivity (Wildman–Crippen MR) is 87.5 cm³/mol. The van der Waals surface area contributed by atoms with Crippen molar-refractivity contribution in [1.82, 2.24) is 14.8 Å². The zero-order chi connectivity index (χ0) is 16.7. The van der Waals surface area contributed by atoms with Crippen LogP contribution in [0.2, 0.25) is 0 Å². The summed E-state index contributed by atoms with van der Waals surface area (Å²) in [5.41, 5.74) is 2.76. The number of likely N-dealkylation sites (N-methyl/N-ethyl adjacent to an activating group) is 1. The van der Waals surface area contributed by atoms with E-state index in [2.05, 4.69) is 10.3 Å². The van der Waals surface area contributed by atoms with E-state index >= 15 is 0 Å². The third-order valence-electron chi connectivity index (χ3n) is 5.25. The lowest BCUT2D eigenvalue weighted by Gasteiger charge is -2.35. The number of amides is 3.